The predicted octanol–water partition coefficient (Wildman–Crippen LogP) is 4.02. The lowest BCUT2D eigenvalue weighted by Crippen LogP contribution is -2.64. The lowest BCUT2D eigenvalue weighted by atomic mass is 9.46. The smallest absolute Gasteiger partial charge is 0.338 e. The molecule has 17 atom stereocenters. The maximum atomic E-state index is 14.2. The zero-order chi connectivity index (χ0) is 44.9. The molecule has 0 bridgehead atoms. The van der Waals surface area contributed by atoms with Crippen molar-refractivity contribution in [3.8, 4) is 5.75 Å². The molecule has 0 spiro atoms. The first-order valence-electron chi connectivity index (χ1n) is 22.6. The second-order valence-electron chi connectivity index (χ2n) is 19.7. The van der Waals surface area contributed by atoms with Crippen molar-refractivity contribution in [1.82, 2.24) is 0 Å². The van der Waals surface area contributed by atoms with Gasteiger partial charge in [-0.3, -0.25) is 9.59 Å². The van der Waals surface area contributed by atoms with Gasteiger partial charge in [0.15, 0.2) is 24.8 Å². The maximum absolute atomic E-state index is 14.2. The highest BCUT2D eigenvalue weighted by molar-refractivity contribution is 5.89. The summed E-state index contributed by atoms with van der Waals surface area (Å²) in [6, 6.07) is 6.05. The lowest BCUT2D eigenvalue weighted by Gasteiger charge is -2.59. The number of benzene rings is 1. The normalized spacial score (nSPS) is 42.1. The van der Waals surface area contributed by atoms with Crippen LogP contribution in [-0.2, 0) is 38.0 Å². The first kappa shape index (κ1) is 47.0. The molecule has 0 amide bonds. The summed E-state index contributed by atoms with van der Waals surface area (Å²) >= 11 is 0. The van der Waals surface area contributed by atoms with Crippen molar-refractivity contribution in [3.05, 3.63) is 41.5 Å². The number of carbonyl (C=O) groups excluding carboxylic acids is 3. The molecule has 6 aliphatic rings. The molecule has 3 saturated carbocycles. The molecule has 15 nitrogen and oxygen atoms in total. The minimum Gasteiger partial charge on any atom is -0.497 e. The standard InChI is InChI=1S/C47H68O15/c1-24(2)8-15-34(50)25(3)47(55)37(21-33-31-14-11-28-20-29(49)16-18-45(28,5)32(31)17-19-46(33,47)6)60-44-41(59-26(4)48)39(36(52)23-58-44)62-43-40(38(53)35(51)22-57-43)61-42(54)27-9-12-30(56-7)13-10-27/h9-13,24-25,29,31-33,35-41,43-44,49,51-53,55H,8,14-23H2,1-7H3/t25-,29+,31-,32+,33+,35-,36+,37+,38+,39-,40-,41+,43+,44-,45+,46+,47-/m1/s1. The van der Waals surface area contributed by atoms with Crippen molar-refractivity contribution in [1.29, 1.82) is 0 Å². The fraction of sp³-hybridized carbons (Fsp3) is 0.766. The largest absolute Gasteiger partial charge is 0.497 e. The van der Waals surface area contributed by atoms with Gasteiger partial charge in [0.2, 0.25) is 0 Å². The molecule has 2 aliphatic heterocycles. The number of ketones is 1. The summed E-state index contributed by atoms with van der Waals surface area (Å²) in [6.45, 7) is 10.7. The van der Waals surface area contributed by atoms with Crippen LogP contribution in [0.3, 0.4) is 0 Å². The van der Waals surface area contributed by atoms with Gasteiger partial charge in [0.1, 0.15) is 41.5 Å². The third-order valence-corrected chi connectivity index (χ3v) is 15.7. The van der Waals surface area contributed by atoms with E-state index in [1.165, 1.54) is 31.7 Å². The Morgan fingerprint density at radius 3 is 2.19 bits per heavy atom. The Hall–Kier alpha value is -2.99. The third kappa shape index (κ3) is 8.62. The summed E-state index contributed by atoms with van der Waals surface area (Å²) in [6.07, 6.45) is -5.12. The Bertz CT molecular complexity index is 1800. The van der Waals surface area contributed by atoms with Crippen LogP contribution >= 0.6 is 0 Å². The van der Waals surface area contributed by atoms with E-state index in [1.807, 2.05) is 0 Å². The van der Waals surface area contributed by atoms with Crippen molar-refractivity contribution in [2.45, 2.75) is 166 Å². The highest BCUT2D eigenvalue weighted by Crippen LogP contribution is 2.69. The van der Waals surface area contributed by atoms with Crippen LogP contribution in [0.1, 0.15) is 110 Å². The number of esters is 2. The Kier molecular flexibility index (Phi) is 14.0. The van der Waals surface area contributed by atoms with E-state index in [0.717, 1.165) is 25.7 Å². The number of carbonyl (C=O) groups is 3. The SMILES string of the molecule is COc1ccc(C(=O)O[C@H]2[C@H](O[C@H]3[C@H](OC(C)=O)[C@@H](O[C@H]4C[C@H]5[C@@H]6CC=C7C[C@@H](O)CC[C@]7(C)[C@H]6CC[C@]5(C)[C@@]4(O)[C@H](C)C(=O)CCC(C)C)OC[C@@H]3O)OC[C@@H](O)[C@@H]2O)cc1. The Balaban J connectivity index is 1.18. The molecule has 4 aliphatic carbocycles. The molecule has 15 heteroatoms. The number of fused-ring (bicyclic) bond motifs is 5. The fourth-order valence-corrected chi connectivity index (χ4v) is 12.1. The molecular weight excluding hydrogens is 805 g/mol. The molecule has 62 heavy (non-hydrogen) atoms. The van der Waals surface area contributed by atoms with Crippen LogP contribution < -0.4 is 4.74 Å². The molecule has 0 unspecified atom stereocenters. The van der Waals surface area contributed by atoms with Gasteiger partial charge in [0, 0.05) is 24.7 Å². The molecule has 1 aromatic carbocycles. The molecular formula is C47H68O15. The van der Waals surface area contributed by atoms with Crippen molar-refractivity contribution >= 4 is 17.7 Å². The molecule has 5 fully saturated rings. The molecule has 1 aromatic rings. The van der Waals surface area contributed by atoms with Crippen LogP contribution in [0.15, 0.2) is 35.9 Å². The number of hydrogen-bond donors (Lipinski definition) is 5. The minimum absolute atomic E-state index is 0.0591. The van der Waals surface area contributed by atoms with Gasteiger partial charge in [-0.15, -0.1) is 0 Å². The van der Waals surface area contributed by atoms with Crippen LogP contribution in [0, 0.1) is 40.4 Å². The lowest BCUT2D eigenvalue weighted by molar-refractivity contribution is -0.345. The summed E-state index contributed by atoms with van der Waals surface area (Å²) in [5.41, 5.74) is -1.08. The number of allylic oxidation sites excluding steroid dienone is 1. The van der Waals surface area contributed by atoms with Crippen molar-refractivity contribution in [3.63, 3.8) is 0 Å². The number of rotatable bonds is 13. The van der Waals surface area contributed by atoms with Crippen LogP contribution in [0.4, 0.5) is 0 Å². The summed E-state index contributed by atoms with van der Waals surface area (Å²) in [5, 5.41) is 57.1. The number of hydrogen-bond acceptors (Lipinski definition) is 15. The topological polar surface area (TPSA) is 217 Å². The minimum atomic E-state index is -1.67. The van der Waals surface area contributed by atoms with Crippen LogP contribution in [0.25, 0.3) is 0 Å². The number of aliphatic hydroxyl groups is 5. The summed E-state index contributed by atoms with van der Waals surface area (Å²) in [4.78, 5) is 40.3. The van der Waals surface area contributed by atoms with Gasteiger partial charge in [-0.05, 0) is 105 Å². The summed E-state index contributed by atoms with van der Waals surface area (Å²) in [5.74, 6) is -1.30. The van der Waals surface area contributed by atoms with Crippen molar-refractivity contribution in [2.24, 2.45) is 40.4 Å². The number of ether oxygens (including phenoxy) is 7. The number of methoxy groups -OCH3 is 1. The number of Topliss-reactive ketones (excluding diaryl/α,β-unsaturated/α-hetero) is 1. The molecule has 0 radical (unpaired) electrons. The quantitative estimate of drug-likeness (QED) is 0.140. The van der Waals surface area contributed by atoms with E-state index in [2.05, 4.69) is 33.8 Å². The predicted molar refractivity (Wildman–Crippen MR) is 221 cm³/mol. The maximum Gasteiger partial charge on any atom is 0.338 e. The second kappa shape index (κ2) is 18.5. The Morgan fingerprint density at radius 2 is 1.53 bits per heavy atom. The molecule has 0 aromatic heterocycles. The summed E-state index contributed by atoms with van der Waals surface area (Å²) < 4.78 is 41.7. The molecule has 5 N–H and O–H groups in total. The first-order valence-corrected chi connectivity index (χ1v) is 22.6. The summed E-state index contributed by atoms with van der Waals surface area (Å²) in [7, 11) is 1.48. The van der Waals surface area contributed by atoms with E-state index in [4.69, 9.17) is 33.2 Å². The average molecular weight is 873 g/mol. The van der Waals surface area contributed by atoms with E-state index in [-0.39, 0.29) is 53.6 Å². The molecule has 2 saturated heterocycles. The third-order valence-electron chi connectivity index (χ3n) is 15.7. The number of aliphatic hydroxyl groups excluding tert-OH is 4. The highest BCUT2D eigenvalue weighted by atomic mass is 16.8. The average Bonchev–Trinajstić information content (AvgIpc) is 3.47. The Labute approximate surface area is 364 Å². The molecule has 346 valence electrons. The van der Waals surface area contributed by atoms with E-state index in [1.54, 1.807) is 19.1 Å². The van der Waals surface area contributed by atoms with Gasteiger partial charge in [0.05, 0.1) is 38.1 Å². The second-order valence-corrected chi connectivity index (χ2v) is 19.7. The van der Waals surface area contributed by atoms with E-state index < -0.39 is 90.8 Å². The van der Waals surface area contributed by atoms with E-state index in [0.29, 0.717) is 37.4 Å². The fourth-order valence-electron chi connectivity index (χ4n) is 12.1. The van der Waals surface area contributed by atoms with Crippen LogP contribution in [0.5, 0.6) is 5.75 Å². The van der Waals surface area contributed by atoms with Gasteiger partial charge in [-0.25, -0.2) is 4.79 Å². The van der Waals surface area contributed by atoms with E-state index in [9.17, 15) is 39.9 Å². The zero-order valence-electron chi connectivity index (χ0n) is 37.1. The van der Waals surface area contributed by atoms with Crippen LogP contribution in [-0.4, -0.2) is 131 Å². The van der Waals surface area contributed by atoms with E-state index >= 15 is 0 Å². The highest BCUT2D eigenvalue weighted by Gasteiger charge is 2.70. The molecule has 7 rings (SSSR count). The van der Waals surface area contributed by atoms with Gasteiger partial charge >= 0.3 is 11.9 Å². The Morgan fingerprint density at radius 1 is 0.855 bits per heavy atom. The van der Waals surface area contributed by atoms with Gasteiger partial charge in [-0.1, -0.05) is 46.3 Å². The van der Waals surface area contributed by atoms with Crippen molar-refractivity contribution < 1.29 is 73.1 Å². The molecule has 2 heterocycles. The van der Waals surface area contributed by atoms with Crippen LogP contribution in [0.2, 0.25) is 0 Å². The van der Waals surface area contributed by atoms with Gasteiger partial charge < -0.3 is 58.7 Å². The zero-order valence-corrected chi connectivity index (χ0v) is 37.1. The van der Waals surface area contributed by atoms with Gasteiger partial charge in [-0.2, -0.15) is 0 Å². The monoisotopic (exact) mass is 872 g/mol. The first-order chi connectivity index (χ1) is 29.3. The van der Waals surface area contributed by atoms with Crippen molar-refractivity contribution in [2.75, 3.05) is 20.3 Å². The van der Waals surface area contributed by atoms with Gasteiger partial charge in [0.25, 0.3) is 0 Å².